The lowest BCUT2D eigenvalue weighted by Crippen LogP contribution is -2.57. The quantitative estimate of drug-likeness (QED) is 0.842. The smallest absolute Gasteiger partial charge is 0.226 e. The molecule has 6 nitrogen and oxygen atoms in total. The summed E-state index contributed by atoms with van der Waals surface area (Å²) in [6, 6.07) is 6.69. The molecule has 0 radical (unpaired) electrons. The van der Waals surface area contributed by atoms with Gasteiger partial charge < -0.3 is 15.0 Å². The van der Waals surface area contributed by atoms with Crippen molar-refractivity contribution in [3.8, 4) is 5.75 Å². The number of hydrogen-bond acceptors (Lipinski definition) is 5. The fraction of sp³-hybridized carbons (Fsp3) is 0.562. The van der Waals surface area contributed by atoms with Gasteiger partial charge in [0.15, 0.2) is 9.84 Å². The predicted molar refractivity (Wildman–Crippen MR) is 95.6 cm³/mol. The molecule has 1 amide bonds. The van der Waals surface area contributed by atoms with Crippen molar-refractivity contribution in [1.82, 2.24) is 10.2 Å². The van der Waals surface area contributed by atoms with E-state index in [4.69, 9.17) is 4.74 Å². The summed E-state index contributed by atoms with van der Waals surface area (Å²) in [7, 11) is -3.20. The van der Waals surface area contributed by atoms with Gasteiger partial charge in [0, 0.05) is 31.4 Å². The molecular formula is C16H25ClN2O4S. The number of hydrogen-bond donors (Lipinski definition) is 1. The van der Waals surface area contributed by atoms with Crippen LogP contribution in [0.15, 0.2) is 29.2 Å². The second kappa shape index (κ2) is 8.69. The van der Waals surface area contributed by atoms with Crippen LogP contribution in [-0.2, 0) is 14.6 Å². The molecular weight excluding hydrogens is 352 g/mol. The van der Waals surface area contributed by atoms with Crippen LogP contribution in [0.5, 0.6) is 5.75 Å². The van der Waals surface area contributed by atoms with Crippen molar-refractivity contribution in [1.29, 1.82) is 0 Å². The van der Waals surface area contributed by atoms with Crippen LogP contribution < -0.4 is 10.1 Å². The van der Waals surface area contributed by atoms with Crippen LogP contribution >= 0.6 is 12.4 Å². The van der Waals surface area contributed by atoms with Gasteiger partial charge in [-0.05, 0) is 38.1 Å². The van der Waals surface area contributed by atoms with E-state index >= 15 is 0 Å². The number of ether oxygens (including phenoxy) is 1. The number of rotatable bonds is 5. The number of carbonyl (C=O) groups excluding carboxylic acids is 1. The van der Waals surface area contributed by atoms with Crippen molar-refractivity contribution in [2.45, 2.75) is 37.2 Å². The van der Waals surface area contributed by atoms with Crippen LogP contribution in [0, 0.1) is 0 Å². The first-order valence-electron chi connectivity index (χ1n) is 7.75. The Labute approximate surface area is 149 Å². The maximum atomic E-state index is 12.3. The van der Waals surface area contributed by atoms with Gasteiger partial charge in [0.2, 0.25) is 5.91 Å². The molecule has 1 aliphatic rings. The summed E-state index contributed by atoms with van der Waals surface area (Å²) >= 11 is 0. The summed E-state index contributed by atoms with van der Waals surface area (Å²) in [6.07, 6.45) is 1.47. The Balaban J connectivity index is 0.00000288. The van der Waals surface area contributed by atoms with Gasteiger partial charge in [0.05, 0.1) is 17.9 Å². The molecule has 1 aliphatic heterocycles. The summed E-state index contributed by atoms with van der Waals surface area (Å²) < 4.78 is 28.3. The average Bonchev–Trinajstić information content (AvgIpc) is 2.49. The Kier molecular flexibility index (Phi) is 7.51. The number of nitrogens with zero attached hydrogens (tertiary/aromatic N) is 1. The normalized spacial score (nSPS) is 21.0. The number of carbonyl (C=O) groups is 1. The Morgan fingerprint density at radius 2 is 1.92 bits per heavy atom. The van der Waals surface area contributed by atoms with Crippen molar-refractivity contribution in [3.05, 3.63) is 24.3 Å². The summed E-state index contributed by atoms with van der Waals surface area (Å²) in [6.45, 7) is 5.92. The van der Waals surface area contributed by atoms with Crippen LogP contribution in [-0.4, -0.2) is 57.3 Å². The lowest BCUT2D eigenvalue weighted by molar-refractivity contribution is -0.135. The molecule has 2 rings (SSSR count). The highest BCUT2D eigenvalue weighted by atomic mass is 35.5. The molecule has 1 fully saturated rings. The molecule has 2 unspecified atom stereocenters. The van der Waals surface area contributed by atoms with E-state index in [1.807, 2.05) is 11.8 Å². The molecule has 0 aromatic heterocycles. The third-order valence-corrected chi connectivity index (χ3v) is 5.32. The average molecular weight is 377 g/mol. The standard InChI is InChI=1S/C16H24N2O4S.ClH/c1-12-13(2)18(10-9-17-12)16(19)8-11-22-14-4-6-15(7-5-14)23(3,20)21;/h4-7,12-13,17H,8-11H2,1-3H3;1H. The van der Waals surface area contributed by atoms with E-state index in [2.05, 4.69) is 12.2 Å². The summed E-state index contributed by atoms with van der Waals surface area (Å²) in [5, 5.41) is 3.34. The zero-order chi connectivity index (χ0) is 17.0. The molecule has 2 atom stereocenters. The predicted octanol–water partition coefficient (Wildman–Crippen LogP) is 1.49. The molecule has 8 heteroatoms. The van der Waals surface area contributed by atoms with Crippen molar-refractivity contribution in [3.63, 3.8) is 0 Å². The van der Waals surface area contributed by atoms with Gasteiger partial charge in [-0.3, -0.25) is 4.79 Å². The van der Waals surface area contributed by atoms with E-state index in [-0.39, 0.29) is 41.9 Å². The fourth-order valence-corrected chi connectivity index (χ4v) is 3.22. The number of piperazine rings is 1. The maximum Gasteiger partial charge on any atom is 0.226 e. The van der Waals surface area contributed by atoms with Crippen molar-refractivity contribution < 1.29 is 17.9 Å². The third-order valence-electron chi connectivity index (χ3n) is 4.19. The lowest BCUT2D eigenvalue weighted by Gasteiger charge is -2.38. The van der Waals surface area contributed by atoms with Crippen molar-refractivity contribution in [2.24, 2.45) is 0 Å². The molecule has 1 aromatic carbocycles. The minimum absolute atomic E-state index is 0. The molecule has 1 N–H and O–H groups in total. The Hall–Kier alpha value is -1.31. The van der Waals surface area contributed by atoms with Crippen LogP contribution in [0.25, 0.3) is 0 Å². The minimum Gasteiger partial charge on any atom is -0.493 e. The third kappa shape index (κ3) is 5.36. The van der Waals surface area contributed by atoms with Gasteiger partial charge in [-0.25, -0.2) is 8.42 Å². The monoisotopic (exact) mass is 376 g/mol. The topological polar surface area (TPSA) is 75.7 Å². The van der Waals surface area contributed by atoms with E-state index in [0.29, 0.717) is 18.7 Å². The minimum atomic E-state index is -3.20. The maximum absolute atomic E-state index is 12.3. The van der Waals surface area contributed by atoms with E-state index in [9.17, 15) is 13.2 Å². The van der Waals surface area contributed by atoms with Gasteiger partial charge in [0.1, 0.15) is 5.75 Å². The largest absolute Gasteiger partial charge is 0.493 e. The Morgan fingerprint density at radius 1 is 1.29 bits per heavy atom. The number of sulfone groups is 1. The van der Waals surface area contributed by atoms with Gasteiger partial charge >= 0.3 is 0 Å². The second-order valence-electron chi connectivity index (χ2n) is 5.91. The number of amides is 1. The molecule has 24 heavy (non-hydrogen) atoms. The van der Waals surface area contributed by atoms with E-state index < -0.39 is 9.84 Å². The highest BCUT2D eigenvalue weighted by Gasteiger charge is 2.27. The van der Waals surface area contributed by atoms with Crippen LogP contribution in [0.1, 0.15) is 20.3 Å². The highest BCUT2D eigenvalue weighted by Crippen LogP contribution is 2.16. The molecule has 0 bridgehead atoms. The van der Waals surface area contributed by atoms with Crippen LogP contribution in [0.3, 0.4) is 0 Å². The van der Waals surface area contributed by atoms with E-state index in [0.717, 1.165) is 12.8 Å². The van der Waals surface area contributed by atoms with Gasteiger partial charge in [-0.1, -0.05) is 0 Å². The summed E-state index contributed by atoms with van der Waals surface area (Å²) in [5.41, 5.74) is 0. The van der Waals surface area contributed by atoms with Gasteiger partial charge in [-0.15, -0.1) is 12.4 Å². The molecule has 0 aliphatic carbocycles. The first kappa shape index (κ1) is 20.7. The first-order chi connectivity index (χ1) is 10.8. The molecule has 0 spiro atoms. The number of benzene rings is 1. The van der Waals surface area contributed by atoms with Crippen LogP contribution in [0.2, 0.25) is 0 Å². The highest BCUT2D eigenvalue weighted by molar-refractivity contribution is 7.90. The second-order valence-corrected chi connectivity index (χ2v) is 7.93. The molecule has 1 heterocycles. The first-order valence-corrected chi connectivity index (χ1v) is 9.64. The van der Waals surface area contributed by atoms with E-state index in [1.165, 1.54) is 12.1 Å². The zero-order valence-electron chi connectivity index (χ0n) is 14.2. The molecule has 0 saturated carbocycles. The van der Waals surface area contributed by atoms with E-state index in [1.54, 1.807) is 12.1 Å². The van der Waals surface area contributed by atoms with Gasteiger partial charge in [-0.2, -0.15) is 0 Å². The van der Waals surface area contributed by atoms with Crippen molar-refractivity contribution >= 4 is 28.2 Å². The van der Waals surface area contributed by atoms with Gasteiger partial charge in [0.25, 0.3) is 0 Å². The Bertz CT molecular complexity index is 649. The van der Waals surface area contributed by atoms with Crippen LogP contribution in [0.4, 0.5) is 0 Å². The summed E-state index contributed by atoms with van der Waals surface area (Å²) in [5.74, 6) is 0.644. The number of halogens is 1. The molecule has 1 aromatic rings. The Morgan fingerprint density at radius 3 is 2.50 bits per heavy atom. The molecule has 136 valence electrons. The lowest BCUT2D eigenvalue weighted by atomic mass is 10.1. The number of nitrogens with one attached hydrogen (secondary N) is 1. The fourth-order valence-electron chi connectivity index (χ4n) is 2.59. The molecule has 1 saturated heterocycles. The summed E-state index contributed by atoms with van der Waals surface area (Å²) in [4.78, 5) is 14.4. The SMILES string of the molecule is CC1NCCN(C(=O)CCOc2ccc(S(C)(=O)=O)cc2)C1C.Cl. The zero-order valence-corrected chi connectivity index (χ0v) is 15.8. The van der Waals surface area contributed by atoms with Crippen molar-refractivity contribution in [2.75, 3.05) is 26.0 Å².